The third-order valence-corrected chi connectivity index (χ3v) is 11.5. The summed E-state index contributed by atoms with van der Waals surface area (Å²) in [6, 6.07) is 6.67. The first-order chi connectivity index (χ1) is 19.7. The maximum Gasteiger partial charge on any atom is 0.331 e. The highest BCUT2D eigenvalue weighted by atomic mass is 127. The Hall–Kier alpha value is -1.34. The molecule has 0 unspecified atom stereocenters. The van der Waals surface area contributed by atoms with E-state index in [1.807, 2.05) is 18.5 Å². The fraction of sp³-hybridized carbons (Fsp3) is 0.593. The SMILES string of the molecule is CCCSc1nc(N[C@@H]2C[C@H]2c2ccc(I)c(I)c2)c2nnn([C@@H]3C[C@H](OCC(=O)OC)[C@H]4OC(C)(C)O[C@H]43)c2n1. The average Bonchev–Trinajstić information content (AvgIpc) is 3.28. The molecule has 1 aliphatic heterocycles. The number of halogens is 2. The van der Waals surface area contributed by atoms with Crippen molar-refractivity contribution >= 4 is 79.9 Å². The van der Waals surface area contributed by atoms with Gasteiger partial charge in [0.2, 0.25) is 0 Å². The summed E-state index contributed by atoms with van der Waals surface area (Å²) in [6.45, 7) is 5.74. The minimum atomic E-state index is -0.796. The molecule has 0 spiro atoms. The standard InChI is InChI=1S/C27H32I2N6O5S/c1-5-8-41-26-31-24(30-17-10-14(17)13-6-7-15(28)16(29)9-13)21-25(32-26)35(34-33-21)18-11-19(38-12-20(36)37-4)23-22(18)39-27(2,3)40-23/h6-7,9,14,17-19,22-23H,5,8,10-12H2,1-4H3,(H,30,31,32)/t14-,17+,18+,19-,22-,23+/m0/s1. The zero-order valence-electron chi connectivity index (χ0n) is 23.2. The number of fused-ring (bicyclic) bond motifs is 2. The molecule has 3 aliphatic rings. The van der Waals surface area contributed by atoms with Crippen LogP contribution in [0.25, 0.3) is 11.2 Å². The molecule has 3 aromatic rings. The van der Waals surface area contributed by atoms with Crippen LogP contribution < -0.4 is 5.32 Å². The molecular weight excluding hydrogens is 774 g/mol. The lowest BCUT2D eigenvalue weighted by Gasteiger charge is -2.23. The van der Waals surface area contributed by atoms with Crippen LogP contribution in [0.1, 0.15) is 57.6 Å². The lowest BCUT2D eigenvalue weighted by Crippen LogP contribution is -2.32. The van der Waals surface area contributed by atoms with E-state index in [2.05, 4.69) is 85.9 Å². The molecular formula is C27H32I2N6O5S. The number of ether oxygens (including phenoxy) is 4. The number of methoxy groups -OCH3 is 1. The minimum absolute atomic E-state index is 0.158. The summed E-state index contributed by atoms with van der Waals surface area (Å²) in [5.41, 5.74) is 2.60. The molecule has 220 valence electrons. The number of nitrogens with one attached hydrogen (secondary N) is 1. The maximum absolute atomic E-state index is 11.8. The van der Waals surface area contributed by atoms with Crippen LogP contribution in [-0.4, -0.2) is 80.5 Å². The van der Waals surface area contributed by atoms with Gasteiger partial charge in [0.05, 0.1) is 19.3 Å². The summed E-state index contributed by atoms with van der Waals surface area (Å²) < 4.78 is 27.6. The Labute approximate surface area is 269 Å². The van der Waals surface area contributed by atoms with Gasteiger partial charge in [0.1, 0.15) is 18.8 Å². The van der Waals surface area contributed by atoms with E-state index >= 15 is 0 Å². The van der Waals surface area contributed by atoms with Crippen molar-refractivity contribution in [2.24, 2.45) is 0 Å². The lowest BCUT2D eigenvalue weighted by atomic mass is 10.1. The lowest BCUT2D eigenvalue weighted by molar-refractivity contribution is -0.173. The third-order valence-electron chi connectivity index (χ3n) is 7.56. The number of nitrogens with zero attached hydrogens (tertiary/aromatic N) is 5. The van der Waals surface area contributed by atoms with Crippen LogP contribution >= 0.6 is 56.9 Å². The monoisotopic (exact) mass is 806 g/mol. The van der Waals surface area contributed by atoms with Gasteiger partial charge < -0.3 is 24.3 Å². The van der Waals surface area contributed by atoms with Gasteiger partial charge in [0, 0.05) is 31.3 Å². The number of carbonyl (C=O) groups is 1. The van der Waals surface area contributed by atoms with Crippen LogP contribution in [0.3, 0.4) is 0 Å². The molecule has 1 N–H and O–H groups in total. The van der Waals surface area contributed by atoms with E-state index in [-0.39, 0.29) is 37.0 Å². The highest BCUT2D eigenvalue weighted by Crippen LogP contribution is 2.47. The van der Waals surface area contributed by atoms with Crippen molar-refractivity contribution in [1.82, 2.24) is 25.0 Å². The van der Waals surface area contributed by atoms with Crippen LogP contribution in [0.15, 0.2) is 23.4 Å². The van der Waals surface area contributed by atoms with Crippen LogP contribution in [-0.2, 0) is 23.7 Å². The topological polar surface area (TPSA) is 123 Å². The van der Waals surface area contributed by atoms with Gasteiger partial charge in [0.15, 0.2) is 27.9 Å². The molecule has 1 aromatic carbocycles. The summed E-state index contributed by atoms with van der Waals surface area (Å²) in [5, 5.41) is 13.5. The Morgan fingerprint density at radius 2 is 2.00 bits per heavy atom. The van der Waals surface area contributed by atoms with Gasteiger partial charge in [-0.25, -0.2) is 19.4 Å². The predicted molar refractivity (Wildman–Crippen MR) is 170 cm³/mol. The number of rotatable bonds is 10. The number of hydrogen-bond donors (Lipinski definition) is 1. The van der Waals surface area contributed by atoms with Crippen molar-refractivity contribution in [3.63, 3.8) is 0 Å². The van der Waals surface area contributed by atoms with Gasteiger partial charge in [-0.3, -0.25) is 0 Å². The van der Waals surface area contributed by atoms with Gasteiger partial charge in [-0.2, -0.15) is 0 Å². The molecule has 6 atom stereocenters. The molecule has 2 aliphatic carbocycles. The minimum Gasteiger partial charge on any atom is -0.467 e. The second-order valence-electron chi connectivity index (χ2n) is 11.0. The highest BCUT2D eigenvalue weighted by molar-refractivity contribution is 14.1. The Bertz CT molecular complexity index is 1460. The van der Waals surface area contributed by atoms with Crippen molar-refractivity contribution in [2.75, 3.05) is 24.8 Å². The molecule has 41 heavy (non-hydrogen) atoms. The molecule has 1 saturated heterocycles. The van der Waals surface area contributed by atoms with E-state index in [4.69, 9.17) is 28.9 Å². The number of anilines is 1. The predicted octanol–water partition coefficient (Wildman–Crippen LogP) is 4.92. The number of aromatic nitrogens is 5. The molecule has 0 amide bonds. The molecule has 0 radical (unpaired) electrons. The van der Waals surface area contributed by atoms with E-state index in [9.17, 15) is 4.79 Å². The summed E-state index contributed by atoms with van der Waals surface area (Å²) in [4.78, 5) is 21.6. The summed E-state index contributed by atoms with van der Waals surface area (Å²) in [7, 11) is 1.34. The fourth-order valence-corrected chi connectivity index (χ4v) is 7.15. The normalized spacial score (nSPS) is 28.1. The van der Waals surface area contributed by atoms with E-state index in [1.54, 1.807) is 11.8 Å². The van der Waals surface area contributed by atoms with Crippen molar-refractivity contribution in [2.45, 2.75) is 87.3 Å². The zero-order chi connectivity index (χ0) is 28.9. The summed E-state index contributed by atoms with van der Waals surface area (Å²) in [6.07, 6.45) is 1.49. The largest absolute Gasteiger partial charge is 0.467 e. The van der Waals surface area contributed by atoms with Crippen LogP contribution in [0.5, 0.6) is 0 Å². The van der Waals surface area contributed by atoms with Gasteiger partial charge in [-0.15, -0.1) is 5.10 Å². The van der Waals surface area contributed by atoms with Crippen molar-refractivity contribution < 1.29 is 23.7 Å². The molecule has 3 fully saturated rings. The van der Waals surface area contributed by atoms with E-state index in [0.717, 1.165) is 18.6 Å². The molecule has 14 heteroatoms. The first-order valence-corrected chi connectivity index (χ1v) is 16.8. The average molecular weight is 806 g/mol. The van der Waals surface area contributed by atoms with E-state index < -0.39 is 11.8 Å². The van der Waals surface area contributed by atoms with Gasteiger partial charge in [-0.05, 0) is 89.6 Å². The fourth-order valence-electron chi connectivity index (χ4n) is 5.58. The van der Waals surface area contributed by atoms with Crippen LogP contribution in [0, 0.1) is 7.14 Å². The smallest absolute Gasteiger partial charge is 0.331 e. The van der Waals surface area contributed by atoms with Crippen LogP contribution in [0.4, 0.5) is 5.82 Å². The highest BCUT2D eigenvalue weighted by Gasteiger charge is 2.56. The second-order valence-corrected chi connectivity index (χ2v) is 14.4. The quantitative estimate of drug-likeness (QED) is 0.130. The third kappa shape index (κ3) is 6.18. The molecule has 0 bridgehead atoms. The summed E-state index contributed by atoms with van der Waals surface area (Å²) >= 11 is 6.38. The number of carbonyl (C=O) groups excluding carboxylic acids is 1. The first kappa shape index (κ1) is 29.7. The van der Waals surface area contributed by atoms with Gasteiger partial charge in [-0.1, -0.05) is 30.0 Å². The summed E-state index contributed by atoms with van der Waals surface area (Å²) in [5.74, 6) is 0.790. The van der Waals surface area contributed by atoms with Crippen molar-refractivity contribution in [3.05, 3.63) is 30.9 Å². The van der Waals surface area contributed by atoms with Crippen molar-refractivity contribution in [3.8, 4) is 0 Å². The Balaban J connectivity index is 1.30. The molecule has 2 aromatic heterocycles. The maximum atomic E-state index is 11.8. The Morgan fingerprint density at radius 1 is 1.20 bits per heavy atom. The van der Waals surface area contributed by atoms with E-state index in [1.165, 1.54) is 19.8 Å². The van der Waals surface area contributed by atoms with Gasteiger partial charge in [0.25, 0.3) is 0 Å². The van der Waals surface area contributed by atoms with Crippen LogP contribution in [0.2, 0.25) is 0 Å². The van der Waals surface area contributed by atoms with Gasteiger partial charge >= 0.3 is 5.97 Å². The Morgan fingerprint density at radius 3 is 2.76 bits per heavy atom. The first-order valence-electron chi connectivity index (χ1n) is 13.7. The number of benzene rings is 1. The van der Waals surface area contributed by atoms with E-state index in [0.29, 0.717) is 34.5 Å². The zero-order valence-corrected chi connectivity index (χ0v) is 28.3. The molecule has 11 nitrogen and oxygen atoms in total. The molecule has 2 saturated carbocycles. The number of hydrogen-bond acceptors (Lipinski definition) is 11. The molecule has 6 rings (SSSR count). The number of thioether (sulfide) groups is 1. The molecule has 3 heterocycles. The Kier molecular flexibility index (Phi) is 8.68. The van der Waals surface area contributed by atoms with Crippen molar-refractivity contribution in [1.29, 1.82) is 0 Å². The second kappa shape index (κ2) is 12.0. The number of esters is 1.